The molecule has 2 aromatic carbocycles. The van der Waals surface area contributed by atoms with E-state index in [9.17, 15) is 14.4 Å². The molecule has 7 heteroatoms. The minimum Gasteiger partial charge on any atom is -0.465 e. The second kappa shape index (κ2) is 8.97. The van der Waals surface area contributed by atoms with Gasteiger partial charge in [-0.1, -0.05) is 24.3 Å². The van der Waals surface area contributed by atoms with Gasteiger partial charge in [0.05, 0.1) is 23.9 Å². The zero-order valence-corrected chi connectivity index (χ0v) is 16.2. The standard InChI is InChI=1S/C22H21N3O4/c1-15(26)25(18-9-3-7-17(14-18)22(28)29-2)13-11-20(27)24-19-10-4-6-16-8-5-12-23-21(16)19/h3-10,12,14H,11,13H2,1-2H3,(H,24,27). The molecule has 0 bridgehead atoms. The highest BCUT2D eigenvalue weighted by Gasteiger charge is 2.16. The molecule has 0 fully saturated rings. The molecule has 3 aromatic rings. The smallest absolute Gasteiger partial charge is 0.337 e. The van der Waals surface area contributed by atoms with Crippen molar-refractivity contribution >= 4 is 40.1 Å². The Hall–Kier alpha value is -3.74. The molecule has 0 unspecified atom stereocenters. The molecular weight excluding hydrogens is 370 g/mol. The number of rotatable bonds is 6. The van der Waals surface area contributed by atoms with E-state index in [1.54, 1.807) is 36.5 Å². The number of para-hydroxylation sites is 1. The average molecular weight is 391 g/mol. The summed E-state index contributed by atoms with van der Waals surface area (Å²) in [5.74, 6) is -0.957. The van der Waals surface area contributed by atoms with E-state index < -0.39 is 5.97 Å². The molecule has 0 saturated carbocycles. The molecular formula is C22H21N3O4. The second-order valence-electron chi connectivity index (χ2n) is 6.39. The van der Waals surface area contributed by atoms with Crippen LogP contribution in [0.15, 0.2) is 60.8 Å². The van der Waals surface area contributed by atoms with Crippen molar-refractivity contribution in [2.24, 2.45) is 0 Å². The Morgan fingerprint density at radius 1 is 1.07 bits per heavy atom. The minimum atomic E-state index is -0.489. The number of ether oxygens (including phenoxy) is 1. The number of fused-ring (bicyclic) bond motifs is 1. The van der Waals surface area contributed by atoms with Crippen molar-refractivity contribution in [3.05, 3.63) is 66.4 Å². The molecule has 0 aliphatic carbocycles. The Morgan fingerprint density at radius 2 is 1.83 bits per heavy atom. The second-order valence-corrected chi connectivity index (χ2v) is 6.39. The van der Waals surface area contributed by atoms with Crippen molar-refractivity contribution in [1.29, 1.82) is 0 Å². The number of nitrogens with zero attached hydrogens (tertiary/aromatic N) is 2. The third-order valence-electron chi connectivity index (χ3n) is 4.43. The number of anilines is 2. The van der Waals surface area contributed by atoms with Crippen LogP contribution in [0.4, 0.5) is 11.4 Å². The maximum atomic E-state index is 12.5. The summed E-state index contributed by atoms with van der Waals surface area (Å²) in [5.41, 5.74) is 2.19. The fraction of sp³-hybridized carbons (Fsp3) is 0.182. The van der Waals surface area contributed by atoms with Gasteiger partial charge in [-0.3, -0.25) is 14.6 Å². The van der Waals surface area contributed by atoms with E-state index in [0.29, 0.717) is 22.5 Å². The number of amides is 2. The van der Waals surface area contributed by atoms with Crippen LogP contribution < -0.4 is 10.2 Å². The molecule has 0 atom stereocenters. The van der Waals surface area contributed by atoms with Gasteiger partial charge in [0.2, 0.25) is 11.8 Å². The van der Waals surface area contributed by atoms with Gasteiger partial charge in [-0.2, -0.15) is 0 Å². The topological polar surface area (TPSA) is 88.6 Å². The number of carbonyl (C=O) groups is 3. The fourth-order valence-electron chi connectivity index (χ4n) is 3.02. The van der Waals surface area contributed by atoms with Crippen molar-refractivity contribution in [3.63, 3.8) is 0 Å². The summed E-state index contributed by atoms with van der Waals surface area (Å²) in [5, 5.41) is 3.78. The van der Waals surface area contributed by atoms with Crippen molar-refractivity contribution in [3.8, 4) is 0 Å². The Balaban J connectivity index is 1.71. The summed E-state index contributed by atoms with van der Waals surface area (Å²) in [6.07, 6.45) is 1.76. The van der Waals surface area contributed by atoms with E-state index in [-0.39, 0.29) is 24.8 Å². The largest absolute Gasteiger partial charge is 0.465 e. The van der Waals surface area contributed by atoms with Crippen molar-refractivity contribution in [2.75, 3.05) is 23.9 Å². The normalized spacial score (nSPS) is 10.4. The summed E-state index contributed by atoms with van der Waals surface area (Å²) < 4.78 is 4.72. The van der Waals surface area contributed by atoms with Crippen LogP contribution in [0.1, 0.15) is 23.7 Å². The van der Waals surface area contributed by atoms with Gasteiger partial charge in [0, 0.05) is 37.2 Å². The van der Waals surface area contributed by atoms with Gasteiger partial charge < -0.3 is 15.0 Å². The van der Waals surface area contributed by atoms with E-state index in [1.807, 2.05) is 24.3 Å². The fourth-order valence-corrected chi connectivity index (χ4v) is 3.02. The van der Waals surface area contributed by atoms with E-state index in [1.165, 1.54) is 18.9 Å². The van der Waals surface area contributed by atoms with Crippen LogP contribution in [-0.4, -0.2) is 36.4 Å². The number of aromatic nitrogens is 1. The lowest BCUT2D eigenvalue weighted by molar-refractivity contribution is -0.117. The van der Waals surface area contributed by atoms with Crippen LogP contribution in [0.25, 0.3) is 10.9 Å². The first-order valence-corrected chi connectivity index (χ1v) is 9.09. The van der Waals surface area contributed by atoms with Crippen LogP contribution >= 0.6 is 0 Å². The van der Waals surface area contributed by atoms with E-state index in [4.69, 9.17) is 4.74 Å². The summed E-state index contributed by atoms with van der Waals surface area (Å²) in [4.78, 5) is 42.1. The van der Waals surface area contributed by atoms with Gasteiger partial charge in [-0.25, -0.2) is 4.79 Å². The monoisotopic (exact) mass is 391 g/mol. The molecule has 1 N–H and O–H groups in total. The lowest BCUT2D eigenvalue weighted by atomic mass is 10.1. The lowest BCUT2D eigenvalue weighted by Gasteiger charge is -2.21. The maximum Gasteiger partial charge on any atom is 0.337 e. The zero-order chi connectivity index (χ0) is 20.8. The molecule has 1 heterocycles. The Kier molecular flexibility index (Phi) is 6.19. The Bertz CT molecular complexity index is 1060. The molecule has 29 heavy (non-hydrogen) atoms. The van der Waals surface area contributed by atoms with Crippen LogP contribution in [0.5, 0.6) is 0 Å². The van der Waals surface area contributed by atoms with Gasteiger partial charge in [0.15, 0.2) is 0 Å². The van der Waals surface area contributed by atoms with Crippen molar-refractivity contribution in [1.82, 2.24) is 4.98 Å². The van der Waals surface area contributed by atoms with E-state index >= 15 is 0 Å². The van der Waals surface area contributed by atoms with Gasteiger partial charge >= 0.3 is 5.97 Å². The highest BCUT2D eigenvalue weighted by atomic mass is 16.5. The highest BCUT2D eigenvalue weighted by molar-refractivity contribution is 6.01. The number of methoxy groups -OCH3 is 1. The molecule has 2 amide bonds. The van der Waals surface area contributed by atoms with Crippen LogP contribution in [-0.2, 0) is 14.3 Å². The average Bonchev–Trinajstić information content (AvgIpc) is 2.73. The molecule has 3 rings (SSSR count). The van der Waals surface area contributed by atoms with E-state index in [2.05, 4.69) is 10.3 Å². The lowest BCUT2D eigenvalue weighted by Crippen LogP contribution is -2.32. The first-order valence-electron chi connectivity index (χ1n) is 9.09. The summed E-state index contributed by atoms with van der Waals surface area (Å²) >= 11 is 0. The summed E-state index contributed by atoms with van der Waals surface area (Å²) in [7, 11) is 1.30. The van der Waals surface area contributed by atoms with Gasteiger partial charge in [-0.05, 0) is 30.3 Å². The van der Waals surface area contributed by atoms with Crippen LogP contribution in [0.2, 0.25) is 0 Å². The quantitative estimate of drug-likeness (QED) is 0.651. The maximum absolute atomic E-state index is 12.5. The number of hydrogen-bond donors (Lipinski definition) is 1. The molecule has 7 nitrogen and oxygen atoms in total. The summed E-state index contributed by atoms with van der Waals surface area (Å²) in [6, 6.07) is 15.9. The number of benzene rings is 2. The van der Waals surface area contributed by atoms with E-state index in [0.717, 1.165) is 5.39 Å². The van der Waals surface area contributed by atoms with Gasteiger partial charge in [0.25, 0.3) is 0 Å². The molecule has 1 aromatic heterocycles. The number of hydrogen-bond acceptors (Lipinski definition) is 5. The molecule has 0 aliphatic rings. The first kappa shape index (κ1) is 20.0. The Morgan fingerprint density at radius 3 is 2.59 bits per heavy atom. The first-order chi connectivity index (χ1) is 14.0. The summed E-state index contributed by atoms with van der Waals surface area (Å²) in [6.45, 7) is 1.58. The van der Waals surface area contributed by atoms with Crippen LogP contribution in [0, 0.1) is 0 Å². The van der Waals surface area contributed by atoms with Crippen molar-refractivity contribution in [2.45, 2.75) is 13.3 Å². The molecule has 0 radical (unpaired) electrons. The Labute approximate surface area is 168 Å². The number of nitrogens with one attached hydrogen (secondary N) is 1. The molecule has 0 saturated heterocycles. The van der Waals surface area contributed by atoms with Crippen LogP contribution in [0.3, 0.4) is 0 Å². The highest BCUT2D eigenvalue weighted by Crippen LogP contribution is 2.21. The predicted octanol–water partition coefficient (Wildman–Crippen LogP) is 3.40. The number of pyridine rings is 1. The van der Waals surface area contributed by atoms with Crippen molar-refractivity contribution < 1.29 is 19.1 Å². The third-order valence-corrected chi connectivity index (χ3v) is 4.43. The number of carbonyl (C=O) groups excluding carboxylic acids is 3. The molecule has 0 spiro atoms. The zero-order valence-electron chi connectivity index (χ0n) is 16.2. The number of esters is 1. The predicted molar refractivity (Wildman–Crippen MR) is 111 cm³/mol. The molecule has 148 valence electrons. The van der Waals surface area contributed by atoms with Gasteiger partial charge in [0.1, 0.15) is 0 Å². The SMILES string of the molecule is COC(=O)c1cccc(N(CCC(=O)Nc2cccc3cccnc23)C(C)=O)c1. The third kappa shape index (κ3) is 4.76. The minimum absolute atomic E-state index is 0.0885. The molecule has 0 aliphatic heterocycles. The van der Waals surface area contributed by atoms with Gasteiger partial charge in [-0.15, -0.1) is 0 Å².